The molecule has 0 saturated carbocycles. The number of aryl methyl sites for hydroxylation is 1. The summed E-state index contributed by atoms with van der Waals surface area (Å²) in [7, 11) is 0. The normalized spacial score (nSPS) is 12.9. The molecule has 0 aliphatic heterocycles. The van der Waals surface area contributed by atoms with Gasteiger partial charge >= 0.3 is 0 Å². The van der Waals surface area contributed by atoms with Gasteiger partial charge in [-0.3, -0.25) is 0 Å². The molecule has 0 aromatic carbocycles. The van der Waals surface area contributed by atoms with Crippen molar-refractivity contribution < 1.29 is 9.63 Å². The van der Waals surface area contributed by atoms with Crippen LogP contribution in [0.3, 0.4) is 0 Å². The van der Waals surface area contributed by atoms with Crippen LogP contribution in [-0.2, 0) is 13.0 Å². The van der Waals surface area contributed by atoms with Gasteiger partial charge in [0.25, 0.3) is 0 Å². The van der Waals surface area contributed by atoms with Gasteiger partial charge in [0.15, 0.2) is 5.82 Å². The first-order chi connectivity index (χ1) is 8.22. The third kappa shape index (κ3) is 2.68. The Balaban J connectivity index is 2.06. The Morgan fingerprint density at radius 1 is 1.47 bits per heavy atom. The first-order valence-electron chi connectivity index (χ1n) is 5.62. The summed E-state index contributed by atoms with van der Waals surface area (Å²) in [5, 5.41) is 21.2. The molecule has 0 bridgehead atoms. The van der Waals surface area contributed by atoms with E-state index < -0.39 is 6.10 Å². The topological polar surface area (TPSA) is 89.9 Å². The van der Waals surface area contributed by atoms with Crippen LogP contribution in [0.15, 0.2) is 10.7 Å². The molecule has 0 fully saturated rings. The minimum absolute atomic E-state index is 0.371. The molecule has 2 aromatic rings. The molecule has 1 atom stereocenters. The van der Waals surface area contributed by atoms with Gasteiger partial charge in [0, 0.05) is 6.42 Å². The molecule has 2 heterocycles. The monoisotopic (exact) mass is 237 g/mol. The lowest BCUT2D eigenvalue weighted by molar-refractivity contribution is 0.168. The average Bonchev–Trinajstić information content (AvgIpc) is 2.97. The smallest absolute Gasteiger partial charge is 0.248 e. The molecule has 0 spiro atoms. The van der Waals surface area contributed by atoms with Crippen molar-refractivity contribution in [2.75, 3.05) is 0 Å². The van der Waals surface area contributed by atoms with Crippen molar-refractivity contribution in [3.63, 3.8) is 0 Å². The van der Waals surface area contributed by atoms with E-state index in [0.717, 1.165) is 6.42 Å². The van der Waals surface area contributed by atoms with Crippen molar-refractivity contribution in [2.24, 2.45) is 0 Å². The third-order valence-corrected chi connectivity index (χ3v) is 2.41. The Kier molecular flexibility index (Phi) is 3.48. The third-order valence-electron chi connectivity index (χ3n) is 2.41. The molecule has 17 heavy (non-hydrogen) atoms. The molecule has 2 aromatic heterocycles. The zero-order chi connectivity index (χ0) is 12.3. The van der Waals surface area contributed by atoms with Gasteiger partial charge in [-0.2, -0.15) is 4.98 Å². The lowest BCUT2D eigenvalue weighted by Crippen LogP contribution is -2.01. The quantitative estimate of drug-likeness (QED) is 0.823. The predicted octanol–water partition coefficient (Wildman–Crippen LogP) is 0.715. The summed E-state index contributed by atoms with van der Waals surface area (Å²) in [6.07, 6.45) is 2.46. The minimum atomic E-state index is -0.572. The molecular formula is C10H15N5O2. The molecule has 1 unspecified atom stereocenters. The predicted molar refractivity (Wildman–Crippen MR) is 58.1 cm³/mol. The Morgan fingerprint density at radius 2 is 2.29 bits per heavy atom. The molecule has 7 heteroatoms. The van der Waals surface area contributed by atoms with Crippen LogP contribution < -0.4 is 0 Å². The standard InChI is InChI=1S/C10H15N5O2/c1-3-8(16)7-5-15(14-12-7)6-10-11-9(4-2)13-17-10/h5,8,16H,3-4,6H2,1-2H3. The molecule has 92 valence electrons. The molecule has 0 amide bonds. The van der Waals surface area contributed by atoms with Crippen molar-refractivity contribution in [3.8, 4) is 0 Å². The molecular weight excluding hydrogens is 222 g/mol. The van der Waals surface area contributed by atoms with Gasteiger partial charge in [0.1, 0.15) is 12.2 Å². The van der Waals surface area contributed by atoms with Gasteiger partial charge in [-0.15, -0.1) is 5.10 Å². The van der Waals surface area contributed by atoms with E-state index in [4.69, 9.17) is 4.52 Å². The van der Waals surface area contributed by atoms with E-state index in [1.807, 2.05) is 13.8 Å². The van der Waals surface area contributed by atoms with Crippen LogP contribution in [0.1, 0.15) is 43.8 Å². The highest BCUT2D eigenvalue weighted by molar-refractivity contribution is 4.98. The SMILES string of the molecule is CCc1noc(Cn2cc(C(O)CC)nn2)n1. The van der Waals surface area contributed by atoms with Crippen LogP contribution in [0.2, 0.25) is 0 Å². The molecule has 0 saturated heterocycles. The summed E-state index contributed by atoms with van der Waals surface area (Å²) >= 11 is 0. The Morgan fingerprint density at radius 3 is 2.94 bits per heavy atom. The molecule has 0 aliphatic rings. The zero-order valence-corrected chi connectivity index (χ0v) is 9.87. The van der Waals surface area contributed by atoms with E-state index in [2.05, 4.69) is 20.5 Å². The summed E-state index contributed by atoms with van der Waals surface area (Å²) in [6, 6.07) is 0. The highest BCUT2D eigenvalue weighted by atomic mass is 16.5. The van der Waals surface area contributed by atoms with Crippen LogP contribution in [0.25, 0.3) is 0 Å². The van der Waals surface area contributed by atoms with Crippen molar-refractivity contribution >= 4 is 0 Å². The molecule has 0 radical (unpaired) electrons. The fraction of sp³-hybridized carbons (Fsp3) is 0.600. The second-order valence-electron chi connectivity index (χ2n) is 3.72. The number of nitrogens with zero attached hydrogens (tertiary/aromatic N) is 5. The van der Waals surface area contributed by atoms with Crippen molar-refractivity contribution in [1.29, 1.82) is 0 Å². The Labute approximate surface area is 98.5 Å². The first-order valence-corrected chi connectivity index (χ1v) is 5.62. The minimum Gasteiger partial charge on any atom is -0.387 e. The van der Waals surface area contributed by atoms with Crippen molar-refractivity contribution in [3.05, 3.63) is 23.6 Å². The Hall–Kier alpha value is -1.76. The number of rotatable bonds is 5. The maximum absolute atomic E-state index is 9.58. The van der Waals surface area contributed by atoms with E-state index >= 15 is 0 Å². The first kappa shape index (κ1) is 11.7. The van der Waals surface area contributed by atoms with Gasteiger partial charge in [0.05, 0.1) is 12.3 Å². The zero-order valence-electron chi connectivity index (χ0n) is 9.87. The maximum atomic E-state index is 9.58. The van der Waals surface area contributed by atoms with E-state index in [1.54, 1.807) is 10.9 Å². The molecule has 2 rings (SSSR count). The van der Waals surface area contributed by atoms with E-state index in [0.29, 0.717) is 30.4 Å². The number of hydrogen-bond acceptors (Lipinski definition) is 6. The highest BCUT2D eigenvalue weighted by Gasteiger charge is 2.11. The Bertz CT molecular complexity index is 479. The van der Waals surface area contributed by atoms with Gasteiger partial charge in [-0.1, -0.05) is 24.2 Å². The second kappa shape index (κ2) is 5.05. The van der Waals surface area contributed by atoms with Crippen LogP contribution in [0, 0.1) is 0 Å². The number of aliphatic hydroxyl groups is 1. The van der Waals surface area contributed by atoms with Crippen LogP contribution in [-0.4, -0.2) is 30.2 Å². The number of aromatic nitrogens is 5. The lowest BCUT2D eigenvalue weighted by Gasteiger charge is -2.00. The fourth-order valence-electron chi connectivity index (χ4n) is 1.39. The summed E-state index contributed by atoms with van der Waals surface area (Å²) in [6.45, 7) is 4.21. The van der Waals surface area contributed by atoms with Crippen molar-refractivity contribution in [1.82, 2.24) is 25.1 Å². The fourth-order valence-corrected chi connectivity index (χ4v) is 1.39. The number of hydrogen-bond donors (Lipinski definition) is 1. The largest absolute Gasteiger partial charge is 0.387 e. The number of aliphatic hydroxyl groups excluding tert-OH is 1. The van der Waals surface area contributed by atoms with Crippen molar-refractivity contribution in [2.45, 2.75) is 39.3 Å². The van der Waals surface area contributed by atoms with Gasteiger partial charge < -0.3 is 9.63 Å². The van der Waals surface area contributed by atoms with E-state index in [9.17, 15) is 5.11 Å². The summed E-state index contributed by atoms with van der Waals surface area (Å²) < 4.78 is 6.61. The molecule has 7 nitrogen and oxygen atoms in total. The van der Waals surface area contributed by atoms with Crippen LogP contribution in [0.5, 0.6) is 0 Å². The summed E-state index contributed by atoms with van der Waals surface area (Å²) in [4.78, 5) is 4.17. The summed E-state index contributed by atoms with van der Waals surface area (Å²) in [5.41, 5.74) is 0.558. The maximum Gasteiger partial charge on any atom is 0.248 e. The van der Waals surface area contributed by atoms with Gasteiger partial charge in [-0.05, 0) is 6.42 Å². The highest BCUT2D eigenvalue weighted by Crippen LogP contribution is 2.12. The van der Waals surface area contributed by atoms with Gasteiger partial charge in [0.2, 0.25) is 5.89 Å². The lowest BCUT2D eigenvalue weighted by atomic mass is 10.2. The molecule has 1 N–H and O–H groups in total. The summed E-state index contributed by atoms with van der Waals surface area (Å²) in [5.74, 6) is 1.17. The average molecular weight is 237 g/mol. The van der Waals surface area contributed by atoms with Gasteiger partial charge in [-0.25, -0.2) is 4.68 Å². The van der Waals surface area contributed by atoms with Crippen LogP contribution in [0.4, 0.5) is 0 Å². The molecule has 0 aliphatic carbocycles. The van der Waals surface area contributed by atoms with Crippen LogP contribution >= 0.6 is 0 Å². The van der Waals surface area contributed by atoms with E-state index in [1.165, 1.54) is 0 Å². The van der Waals surface area contributed by atoms with E-state index in [-0.39, 0.29) is 0 Å². The second-order valence-corrected chi connectivity index (χ2v) is 3.72.